The maximum atomic E-state index is 12.8. The van der Waals surface area contributed by atoms with Crippen LogP contribution in [0.2, 0.25) is 5.02 Å². The Kier molecular flexibility index (Phi) is 5.85. The first-order valence-corrected chi connectivity index (χ1v) is 7.23. The molecule has 3 N–H and O–H groups in total. The van der Waals surface area contributed by atoms with Crippen molar-refractivity contribution >= 4 is 35.1 Å². The number of carbonyl (C=O) groups is 1. The molecule has 0 saturated heterocycles. The lowest BCUT2D eigenvalue weighted by atomic mass is 10.2. The minimum Gasteiger partial charge on any atom is -0.502 e. The number of nitrogens with one attached hydrogen (secondary N) is 2. The number of benzene rings is 2. The van der Waals surface area contributed by atoms with E-state index in [4.69, 9.17) is 11.6 Å². The van der Waals surface area contributed by atoms with Gasteiger partial charge in [-0.1, -0.05) is 11.6 Å². The number of rotatable bonds is 6. The number of nitrogens with zero attached hydrogens (tertiary/aromatic N) is 2. The Bertz CT molecular complexity index is 827. The smallest absolute Gasteiger partial charge is 0.312 e. The van der Waals surface area contributed by atoms with Gasteiger partial charge in [-0.3, -0.25) is 14.9 Å². The molecule has 130 valence electrons. The predicted molar refractivity (Wildman–Crippen MR) is 90.4 cm³/mol. The van der Waals surface area contributed by atoms with Crippen LogP contribution in [-0.2, 0) is 4.79 Å². The van der Waals surface area contributed by atoms with Crippen molar-refractivity contribution in [1.82, 2.24) is 5.43 Å². The van der Waals surface area contributed by atoms with Crippen LogP contribution in [0.15, 0.2) is 41.5 Å². The van der Waals surface area contributed by atoms with Gasteiger partial charge in [-0.15, -0.1) is 0 Å². The molecule has 0 aromatic heterocycles. The summed E-state index contributed by atoms with van der Waals surface area (Å²) in [6, 6.07) is 7.68. The van der Waals surface area contributed by atoms with Crippen molar-refractivity contribution in [2.75, 3.05) is 11.9 Å². The van der Waals surface area contributed by atoms with Crippen LogP contribution in [0.4, 0.5) is 15.8 Å². The van der Waals surface area contributed by atoms with E-state index in [0.717, 1.165) is 12.3 Å². The molecular weight excluding hydrogens is 355 g/mol. The molecule has 0 aliphatic carbocycles. The molecule has 10 heteroatoms. The number of carbonyl (C=O) groups excluding carboxylic acids is 1. The molecule has 0 radical (unpaired) electrons. The van der Waals surface area contributed by atoms with Crippen molar-refractivity contribution in [2.45, 2.75) is 0 Å². The van der Waals surface area contributed by atoms with Crippen molar-refractivity contribution in [3.63, 3.8) is 0 Å². The van der Waals surface area contributed by atoms with E-state index in [1.807, 2.05) is 0 Å². The molecule has 2 aromatic carbocycles. The number of aromatic hydroxyl groups is 1. The summed E-state index contributed by atoms with van der Waals surface area (Å²) in [5, 5.41) is 27.0. The molecule has 25 heavy (non-hydrogen) atoms. The van der Waals surface area contributed by atoms with Crippen LogP contribution in [-0.4, -0.2) is 28.7 Å². The normalized spacial score (nSPS) is 10.6. The highest BCUT2D eigenvalue weighted by Gasteiger charge is 2.17. The van der Waals surface area contributed by atoms with Gasteiger partial charge in [0.25, 0.3) is 5.91 Å². The highest BCUT2D eigenvalue weighted by atomic mass is 35.5. The summed E-state index contributed by atoms with van der Waals surface area (Å²) in [6.45, 7) is -0.134. The van der Waals surface area contributed by atoms with Crippen LogP contribution < -0.4 is 10.7 Å². The van der Waals surface area contributed by atoms with Crippen LogP contribution in [0.5, 0.6) is 5.75 Å². The molecule has 2 aromatic rings. The molecule has 0 spiro atoms. The fourth-order valence-corrected chi connectivity index (χ4v) is 2.03. The minimum absolute atomic E-state index is 0.0222. The van der Waals surface area contributed by atoms with Crippen LogP contribution in [0.25, 0.3) is 0 Å². The minimum atomic E-state index is -0.788. The SMILES string of the molecule is O=C(CNc1ccc(F)cc1)N/N=C/c1cc(Cl)cc([N+](=O)[O-])c1O. The topological polar surface area (TPSA) is 117 Å². The Morgan fingerprint density at radius 1 is 1.36 bits per heavy atom. The number of halogens is 2. The Morgan fingerprint density at radius 2 is 2.04 bits per heavy atom. The second-order valence-electron chi connectivity index (χ2n) is 4.77. The van der Waals surface area contributed by atoms with E-state index in [1.54, 1.807) is 0 Å². The number of anilines is 1. The Labute approximate surface area is 146 Å². The fraction of sp³-hybridized carbons (Fsp3) is 0.0667. The maximum Gasteiger partial charge on any atom is 0.312 e. The van der Waals surface area contributed by atoms with Crippen LogP contribution in [0, 0.1) is 15.9 Å². The number of nitro groups is 1. The lowest BCUT2D eigenvalue weighted by molar-refractivity contribution is -0.385. The van der Waals surface area contributed by atoms with E-state index in [2.05, 4.69) is 15.8 Å². The molecule has 1 amide bonds. The quantitative estimate of drug-likeness (QED) is 0.413. The van der Waals surface area contributed by atoms with E-state index in [9.17, 15) is 24.4 Å². The van der Waals surface area contributed by atoms with Gasteiger partial charge in [-0.25, -0.2) is 9.82 Å². The zero-order valence-electron chi connectivity index (χ0n) is 12.6. The molecule has 2 rings (SSSR count). The average molecular weight is 367 g/mol. The summed E-state index contributed by atoms with van der Waals surface area (Å²) in [5.74, 6) is -1.52. The van der Waals surface area contributed by atoms with Crippen LogP contribution >= 0.6 is 11.6 Å². The molecule has 0 aliphatic rings. The Hall–Kier alpha value is -3.20. The molecular formula is C15H12ClFN4O4. The third-order valence-corrected chi connectivity index (χ3v) is 3.19. The second kappa shape index (κ2) is 8.06. The van der Waals surface area contributed by atoms with Gasteiger partial charge in [0.2, 0.25) is 5.75 Å². The largest absolute Gasteiger partial charge is 0.502 e. The van der Waals surface area contributed by atoms with E-state index >= 15 is 0 Å². The number of phenols is 1. The molecule has 0 fully saturated rings. The molecule has 0 unspecified atom stereocenters. The van der Waals surface area contributed by atoms with Crippen molar-refractivity contribution in [2.24, 2.45) is 5.10 Å². The van der Waals surface area contributed by atoms with Gasteiger partial charge in [0, 0.05) is 22.3 Å². The van der Waals surface area contributed by atoms with Crippen molar-refractivity contribution in [3.05, 3.63) is 62.9 Å². The van der Waals surface area contributed by atoms with Gasteiger partial charge in [0.05, 0.1) is 17.7 Å². The second-order valence-corrected chi connectivity index (χ2v) is 5.21. The number of hydrogen-bond acceptors (Lipinski definition) is 6. The predicted octanol–water partition coefficient (Wildman–Crippen LogP) is 2.66. The number of phenolic OH excluding ortho intramolecular Hbond substituents is 1. The van der Waals surface area contributed by atoms with Gasteiger partial charge in [0.15, 0.2) is 0 Å². The highest BCUT2D eigenvalue weighted by molar-refractivity contribution is 6.31. The van der Waals surface area contributed by atoms with Gasteiger partial charge < -0.3 is 10.4 Å². The molecule has 0 aliphatic heterocycles. The number of amides is 1. The number of nitro benzene ring substituents is 1. The molecule has 0 bridgehead atoms. The molecule has 0 heterocycles. The first kappa shape index (κ1) is 18.1. The lowest BCUT2D eigenvalue weighted by Gasteiger charge is -2.05. The monoisotopic (exact) mass is 366 g/mol. The average Bonchev–Trinajstić information content (AvgIpc) is 2.57. The number of hydrazone groups is 1. The zero-order valence-corrected chi connectivity index (χ0v) is 13.3. The summed E-state index contributed by atoms with van der Waals surface area (Å²) >= 11 is 5.73. The maximum absolute atomic E-state index is 12.8. The molecule has 8 nitrogen and oxygen atoms in total. The first-order valence-electron chi connectivity index (χ1n) is 6.85. The van der Waals surface area contributed by atoms with E-state index < -0.39 is 28.1 Å². The standard InChI is InChI=1S/C15H12ClFN4O4/c16-10-5-9(15(23)13(6-10)21(24)25)7-19-20-14(22)8-18-12-3-1-11(17)2-4-12/h1-7,18,23H,8H2,(H,20,22)/b19-7+. The Balaban J connectivity index is 1.95. The highest BCUT2D eigenvalue weighted by Crippen LogP contribution is 2.32. The van der Waals surface area contributed by atoms with Crippen molar-refractivity contribution in [3.8, 4) is 5.75 Å². The Morgan fingerprint density at radius 3 is 2.68 bits per heavy atom. The van der Waals surface area contributed by atoms with Crippen molar-refractivity contribution in [1.29, 1.82) is 0 Å². The summed E-state index contributed by atoms with van der Waals surface area (Å²) in [4.78, 5) is 21.6. The van der Waals surface area contributed by atoms with Crippen LogP contribution in [0.3, 0.4) is 0 Å². The third-order valence-electron chi connectivity index (χ3n) is 2.97. The molecule has 0 atom stereocenters. The van der Waals surface area contributed by atoms with Gasteiger partial charge >= 0.3 is 5.69 Å². The van der Waals surface area contributed by atoms with Crippen molar-refractivity contribution < 1.29 is 19.2 Å². The molecule has 0 saturated carbocycles. The summed E-state index contributed by atoms with van der Waals surface area (Å²) in [7, 11) is 0. The van der Waals surface area contributed by atoms with Gasteiger partial charge in [0.1, 0.15) is 5.82 Å². The first-order chi connectivity index (χ1) is 11.9. The van der Waals surface area contributed by atoms with Gasteiger partial charge in [-0.2, -0.15) is 5.10 Å². The third kappa shape index (κ3) is 5.15. The zero-order chi connectivity index (χ0) is 18.4. The lowest BCUT2D eigenvalue weighted by Crippen LogP contribution is -2.25. The summed E-state index contributed by atoms with van der Waals surface area (Å²) in [5.41, 5.74) is 2.13. The van der Waals surface area contributed by atoms with E-state index in [-0.39, 0.29) is 17.1 Å². The van der Waals surface area contributed by atoms with E-state index in [0.29, 0.717) is 5.69 Å². The fourth-order valence-electron chi connectivity index (χ4n) is 1.81. The van der Waals surface area contributed by atoms with E-state index in [1.165, 1.54) is 30.3 Å². The summed E-state index contributed by atoms with van der Waals surface area (Å²) < 4.78 is 12.8. The summed E-state index contributed by atoms with van der Waals surface area (Å²) in [6.07, 6.45) is 1.03. The van der Waals surface area contributed by atoms with Gasteiger partial charge in [-0.05, 0) is 30.3 Å². The number of hydrogen-bond donors (Lipinski definition) is 3. The van der Waals surface area contributed by atoms with Crippen LogP contribution in [0.1, 0.15) is 5.56 Å².